The molecule has 0 bridgehead atoms. The van der Waals surface area contributed by atoms with Gasteiger partial charge in [0, 0.05) is 56.6 Å². The predicted octanol–water partition coefficient (Wildman–Crippen LogP) is 3.73. The van der Waals surface area contributed by atoms with E-state index in [0.29, 0.717) is 68.8 Å². The predicted molar refractivity (Wildman–Crippen MR) is 152 cm³/mol. The molecule has 2 heterocycles. The maximum Gasteiger partial charge on any atom is 0.322 e. The molecule has 1 aliphatic rings. The average Bonchev–Trinajstić information content (AvgIpc) is 3.51. The molecule has 10 heteroatoms. The van der Waals surface area contributed by atoms with Crippen LogP contribution in [0.4, 0.5) is 10.5 Å². The quantitative estimate of drug-likeness (QED) is 0.346. The lowest BCUT2D eigenvalue weighted by molar-refractivity contribution is -0.132. The van der Waals surface area contributed by atoms with Crippen molar-refractivity contribution in [3.8, 4) is 11.5 Å². The van der Waals surface area contributed by atoms with Crippen LogP contribution in [0.2, 0.25) is 0 Å². The summed E-state index contributed by atoms with van der Waals surface area (Å²) < 4.78 is 21.7. The van der Waals surface area contributed by atoms with Crippen LogP contribution in [0.5, 0.6) is 11.5 Å². The molecule has 214 valence electrons. The molecular formula is C30H38N4O6. The van der Waals surface area contributed by atoms with Gasteiger partial charge in [-0.05, 0) is 24.1 Å². The number of hydrogen-bond donors (Lipinski definition) is 1. The summed E-state index contributed by atoms with van der Waals surface area (Å²) in [5.74, 6) is 1.63. The Morgan fingerprint density at radius 3 is 2.30 bits per heavy atom. The molecule has 40 heavy (non-hydrogen) atoms. The van der Waals surface area contributed by atoms with Crippen molar-refractivity contribution in [3.63, 3.8) is 0 Å². The van der Waals surface area contributed by atoms with E-state index in [1.54, 1.807) is 54.5 Å². The number of benzene rings is 2. The van der Waals surface area contributed by atoms with Gasteiger partial charge >= 0.3 is 6.03 Å². The number of urea groups is 1. The number of nitrogens with zero attached hydrogens (tertiary/aromatic N) is 3. The van der Waals surface area contributed by atoms with Crippen LogP contribution in [0.3, 0.4) is 0 Å². The average molecular weight is 551 g/mol. The van der Waals surface area contributed by atoms with Crippen LogP contribution in [0, 0.1) is 0 Å². The fourth-order valence-electron chi connectivity index (χ4n) is 4.48. The highest BCUT2D eigenvalue weighted by Gasteiger charge is 2.24. The molecular weight excluding hydrogens is 512 g/mol. The number of ether oxygens (including phenoxy) is 3. The van der Waals surface area contributed by atoms with E-state index in [1.807, 2.05) is 36.4 Å². The second-order valence-corrected chi connectivity index (χ2v) is 9.54. The fraction of sp³-hybridized carbons (Fsp3) is 0.400. The lowest BCUT2D eigenvalue weighted by Gasteiger charge is -2.31. The van der Waals surface area contributed by atoms with Gasteiger partial charge in [-0.25, -0.2) is 4.79 Å². The first-order valence-electron chi connectivity index (χ1n) is 13.5. The third kappa shape index (κ3) is 8.75. The number of anilines is 1. The summed E-state index contributed by atoms with van der Waals surface area (Å²) in [5, 5.41) is 2.92. The van der Waals surface area contributed by atoms with Crippen molar-refractivity contribution >= 4 is 17.6 Å². The van der Waals surface area contributed by atoms with E-state index < -0.39 is 0 Å². The Bertz CT molecular complexity index is 1180. The van der Waals surface area contributed by atoms with E-state index in [1.165, 1.54) is 0 Å². The van der Waals surface area contributed by atoms with Crippen molar-refractivity contribution in [2.45, 2.75) is 13.0 Å². The fourth-order valence-corrected chi connectivity index (χ4v) is 4.48. The standard InChI is InChI=1S/C30H38N4O6/c1-37-27-19-25(20-28(21-27)38-2)31-30(36)34(13-12-32-14-17-39-18-15-32)23-29(35)33(22-26-9-6-16-40-26)11-10-24-7-4-3-5-8-24/h3-9,16,19-21H,10-15,17-18,22-23H2,1-2H3,(H,31,36). The SMILES string of the molecule is COc1cc(NC(=O)N(CCN2CCOCC2)CC(=O)N(CCc2ccccc2)Cc2ccco2)cc(OC)c1. The highest BCUT2D eigenvalue weighted by molar-refractivity contribution is 5.92. The van der Waals surface area contributed by atoms with Gasteiger partial charge in [-0.3, -0.25) is 9.69 Å². The summed E-state index contributed by atoms with van der Waals surface area (Å²) in [6, 6.07) is 18.5. The van der Waals surface area contributed by atoms with Crippen LogP contribution in [-0.2, 0) is 22.5 Å². The maximum atomic E-state index is 13.7. The molecule has 10 nitrogen and oxygen atoms in total. The number of amides is 3. The van der Waals surface area contributed by atoms with Crippen molar-refractivity contribution in [2.24, 2.45) is 0 Å². The molecule has 0 atom stereocenters. The number of carbonyl (C=O) groups excluding carboxylic acids is 2. The van der Waals surface area contributed by atoms with E-state index >= 15 is 0 Å². The normalized spacial score (nSPS) is 13.4. The van der Waals surface area contributed by atoms with Crippen molar-refractivity contribution < 1.29 is 28.2 Å². The van der Waals surface area contributed by atoms with Crippen LogP contribution in [0.25, 0.3) is 0 Å². The minimum Gasteiger partial charge on any atom is -0.497 e. The molecule has 0 saturated carbocycles. The van der Waals surface area contributed by atoms with E-state index in [0.717, 1.165) is 18.7 Å². The minimum atomic E-state index is -0.377. The maximum absolute atomic E-state index is 13.7. The summed E-state index contributed by atoms with van der Waals surface area (Å²) in [4.78, 5) is 32.8. The number of furan rings is 1. The largest absolute Gasteiger partial charge is 0.497 e. The van der Waals surface area contributed by atoms with Gasteiger partial charge in [0.15, 0.2) is 0 Å². The topological polar surface area (TPSA) is 96.7 Å². The zero-order valence-electron chi connectivity index (χ0n) is 23.2. The molecule has 1 aliphatic heterocycles. The first-order valence-corrected chi connectivity index (χ1v) is 13.5. The Morgan fingerprint density at radius 1 is 0.925 bits per heavy atom. The summed E-state index contributed by atoms with van der Waals surface area (Å²) in [6.07, 6.45) is 2.29. The van der Waals surface area contributed by atoms with Crippen molar-refractivity contribution in [1.29, 1.82) is 0 Å². The third-order valence-electron chi connectivity index (χ3n) is 6.80. The van der Waals surface area contributed by atoms with Gasteiger partial charge in [0.2, 0.25) is 5.91 Å². The molecule has 0 unspecified atom stereocenters. The van der Waals surface area contributed by atoms with Crippen molar-refractivity contribution in [3.05, 3.63) is 78.3 Å². The molecule has 0 aliphatic carbocycles. The molecule has 1 fully saturated rings. The minimum absolute atomic E-state index is 0.0766. The van der Waals surface area contributed by atoms with E-state index in [2.05, 4.69) is 10.2 Å². The summed E-state index contributed by atoms with van der Waals surface area (Å²) in [5.41, 5.74) is 1.65. The molecule has 1 aromatic heterocycles. The zero-order valence-corrected chi connectivity index (χ0v) is 23.2. The number of rotatable bonds is 13. The van der Waals surface area contributed by atoms with Gasteiger partial charge in [-0.1, -0.05) is 30.3 Å². The Kier molecular flexibility index (Phi) is 10.8. The Morgan fingerprint density at radius 2 is 1.65 bits per heavy atom. The number of morpholine rings is 1. The molecule has 2 aromatic carbocycles. The van der Waals surface area contributed by atoms with Crippen LogP contribution >= 0.6 is 0 Å². The number of methoxy groups -OCH3 is 2. The molecule has 0 spiro atoms. The Hall–Kier alpha value is -4.02. The number of hydrogen-bond acceptors (Lipinski definition) is 7. The lowest BCUT2D eigenvalue weighted by atomic mass is 10.1. The molecule has 0 radical (unpaired) electrons. The Labute approximate surface area is 235 Å². The van der Waals surface area contributed by atoms with E-state index in [4.69, 9.17) is 18.6 Å². The molecule has 1 N–H and O–H groups in total. The first-order chi connectivity index (χ1) is 19.5. The summed E-state index contributed by atoms with van der Waals surface area (Å²) in [6.45, 7) is 4.65. The zero-order chi connectivity index (χ0) is 28.2. The Balaban J connectivity index is 1.49. The van der Waals surface area contributed by atoms with Gasteiger partial charge in [0.25, 0.3) is 0 Å². The second-order valence-electron chi connectivity index (χ2n) is 9.54. The molecule has 3 aromatic rings. The third-order valence-corrected chi connectivity index (χ3v) is 6.80. The van der Waals surface area contributed by atoms with Crippen LogP contribution in [0.15, 0.2) is 71.3 Å². The number of nitrogens with one attached hydrogen (secondary N) is 1. The highest BCUT2D eigenvalue weighted by Crippen LogP contribution is 2.26. The molecule has 3 amide bonds. The van der Waals surface area contributed by atoms with E-state index in [-0.39, 0.29) is 18.5 Å². The highest BCUT2D eigenvalue weighted by atomic mass is 16.5. The van der Waals surface area contributed by atoms with Gasteiger partial charge in [-0.15, -0.1) is 0 Å². The monoisotopic (exact) mass is 550 g/mol. The van der Waals surface area contributed by atoms with Crippen molar-refractivity contribution in [2.75, 3.05) is 72.0 Å². The number of carbonyl (C=O) groups is 2. The van der Waals surface area contributed by atoms with E-state index in [9.17, 15) is 9.59 Å². The van der Waals surface area contributed by atoms with Gasteiger partial charge < -0.3 is 33.7 Å². The molecule has 1 saturated heterocycles. The smallest absolute Gasteiger partial charge is 0.322 e. The van der Waals surface area contributed by atoms with Gasteiger partial charge in [-0.2, -0.15) is 0 Å². The summed E-state index contributed by atoms with van der Waals surface area (Å²) in [7, 11) is 3.10. The van der Waals surface area contributed by atoms with Crippen LogP contribution in [-0.4, -0.2) is 93.3 Å². The second kappa shape index (κ2) is 14.9. The van der Waals surface area contributed by atoms with Gasteiger partial charge in [0.05, 0.1) is 40.2 Å². The molecule has 4 rings (SSSR count). The van der Waals surface area contributed by atoms with Gasteiger partial charge in [0.1, 0.15) is 23.8 Å². The van der Waals surface area contributed by atoms with Crippen molar-refractivity contribution in [1.82, 2.24) is 14.7 Å². The summed E-state index contributed by atoms with van der Waals surface area (Å²) >= 11 is 0. The van der Waals surface area contributed by atoms with Crippen LogP contribution in [0.1, 0.15) is 11.3 Å². The van der Waals surface area contributed by atoms with Crippen LogP contribution < -0.4 is 14.8 Å². The first kappa shape index (κ1) is 29.0. The lowest BCUT2D eigenvalue weighted by Crippen LogP contribution is -2.48.